The molecule has 3 fully saturated rings. The summed E-state index contributed by atoms with van der Waals surface area (Å²) in [6, 6.07) is 1.38. The van der Waals surface area contributed by atoms with E-state index in [0.717, 1.165) is 32.0 Å². The number of hydrogen-bond donors (Lipinski definition) is 0. The van der Waals surface area contributed by atoms with Crippen LogP contribution in [0.3, 0.4) is 0 Å². The summed E-state index contributed by atoms with van der Waals surface area (Å²) in [6.45, 7) is 1.99. The average molecular weight is 208 g/mol. The molecule has 0 radical (unpaired) electrons. The number of carbonyl (C=O) groups excluding carboxylic acids is 1. The molecule has 0 aromatic rings. The van der Waals surface area contributed by atoms with Gasteiger partial charge >= 0.3 is 0 Å². The third kappa shape index (κ3) is 1.67. The fourth-order valence-electron chi connectivity index (χ4n) is 3.10. The van der Waals surface area contributed by atoms with Gasteiger partial charge in [0.25, 0.3) is 0 Å². The van der Waals surface area contributed by atoms with Crippen molar-refractivity contribution in [3.05, 3.63) is 0 Å². The Hall–Kier alpha value is -0.570. The molecule has 2 heterocycles. The van der Waals surface area contributed by atoms with Gasteiger partial charge in [-0.1, -0.05) is 0 Å². The molecule has 0 spiro atoms. The summed E-state index contributed by atoms with van der Waals surface area (Å²) in [5, 5.41) is 0. The molecule has 3 rings (SSSR count). The van der Waals surface area contributed by atoms with E-state index in [1.165, 1.54) is 19.3 Å². The Balaban J connectivity index is 1.69. The van der Waals surface area contributed by atoms with Gasteiger partial charge in [-0.3, -0.25) is 9.69 Å². The number of hydrogen-bond acceptors (Lipinski definition) is 2. The lowest BCUT2D eigenvalue weighted by molar-refractivity contribution is -0.132. The lowest BCUT2D eigenvalue weighted by Crippen LogP contribution is -2.40. The third-order valence-electron chi connectivity index (χ3n) is 4.39. The van der Waals surface area contributed by atoms with Gasteiger partial charge in [-0.15, -0.1) is 0 Å². The maximum Gasteiger partial charge on any atom is 0.225 e. The first-order chi connectivity index (χ1) is 7.25. The molecule has 3 aliphatic rings. The molecule has 0 aromatic carbocycles. The van der Waals surface area contributed by atoms with E-state index in [4.69, 9.17) is 0 Å². The van der Waals surface area contributed by atoms with Crippen molar-refractivity contribution in [3.63, 3.8) is 0 Å². The van der Waals surface area contributed by atoms with Crippen LogP contribution in [-0.4, -0.2) is 47.9 Å². The van der Waals surface area contributed by atoms with Crippen LogP contribution in [0.5, 0.6) is 0 Å². The smallest absolute Gasteiger partial charge is 0.225 e. The molecular weight excluding hydrogens is 188 g/mol. The Morgan fingerprint density at radius 3 is 2.53 bits per heavy atom. The molecule has 3 nitrogen and oxygen atoms in total. The van der Waals surface area contributed by atoms with Crippen LogP contribution in [0.1, 0.15) is 32.1 Å². The fourth-order valence-corrected chi connectivity index (χ4v) is 3.10. The average Bonchev–Trinajstić information content (AvgIpc) is 2.96. The Labute approximate surface area is 91.4 Å². The first kappa shape index (κ1) is 9.64. The Morgan fingerprint density at radius 2 is 1.80 bits per heavy atom. The van der Waals surface area contributed by atoms with Gasteiger partial charge in [-0.25, -0.2) is 0 Å². The van der Waals surface area contributed by atoms with Crippen molar-refractivity contribution in [3.8, 4) is 0 Å². The molecule has 0 N–H and O–H groups in total. The number of likely N-dealkylation sites (tertiary alicyclic amines) is 1. The molecule has 2 bridgehead atoms. The molecule has 3 heteroatoms. The van der Waals surface area contributed by atoms with Crippen LogP contribution >= 0.6 is 0 Å². The molecule has 1 amide bonds. The van der Waals surface area contributed by atoms with Crippen LogP contribution in [-0.2, 0) is 4.79 Å². The van der Waals surface area contributed by atoms with Crippen molar-refractivity contribution in [2.75, 3.05) is 20.1 Å². The lowest BCUT2D eigenvalue weighted by atomic mass is 10.1. The van der Waals surface area contributed by atoms with Gasteiger partial charge in [0.15, 0.2) is 0 Å². The van der Waals surface area contributed by atoms with Gasteiger partial charge in [0.05, 0.1) is 0 Å². The molecule has 2 unspecified atom stereocenters. The predicted octanol–water partition coefficient (Wildman–Crippen LogP) is 1.09. The van der Waals surface area contributed by atoms with E-state index in [2.05, 4.69) is 16.8 Å². The zero-order valence-corrected chi connectivity index (χ0v) is 9.48. The van der Waals surface area contributed by atoms with Crippen molar-refractivity contribution in [2.45, 2.75) is 44.2 Å². The summed E-state index contributed by atoms with van der Waals surface area (Å²) in [7, 11) is 2.23. The van der Waals surface area contributed by atoms with E-state index in [1.807, 2.05) is 0 Å². The minimum Gasteiger partial charge on any atom is -0.341 e. The molecule has 1 aliphatic carbocycles. The standard InChI is InChI=1S/C12H20N2O/c1-13-10-4-5-11(13)8-14(7-6-10)12(15)9-2-3-9/h9-11H,2-8H2,1H3. The number of carbonyl (C=O) groups is 1. The van der Waals surface area contributed by atoms with Crippen molar-refractivity contribution >= 4 is 5.91 Å². The summed E-state index contributed by atoms with van der Waals surface area (Å²) < 4.78 is 0. The molecular formula is C12H20N2O. The number of fused-ring (bicyclic) bond motifs is 2. The van der Waals surface area contributed by atoms with Crippen LogP contribution < -0.4 is 0 Å². The highest BCUT2D eigenvalue weighted by molar-refractivity contribution is 5.81. The van der Waals surface area contributed by atoms with E-state index in [9.17, 15) is 4.79 Å². The second-order valence-electron chi connectivity index (χ2n) is 5.40. The van der Waals surface area contributed by atoms with Gasteiger partial charge in [0, 0.05) is 31.1 Å². The molecule has 2 atom stereocenters. The van der Waals surface area contributed by atoms with Crippen LogP contribution in [0.4, 0.5) is 0 Å². The minimum absolute atomic E-state index is 0.395. The van der Waals surface area contributed by atoms with Crippen LogP contribution in [0.15, 0.2) is 0 Å². The van der Waals surface area contributed by atoms with E-state index in [0.29, 0.717) is 17.9 Å². The first-order valence-electron chi connectivity index (χ1n) is 6.26. The van der Waals surface area contributed by atoms with Gasteiger partial charge in [-0.05, 0) is 39.2 Å². The van der Waals surface area contributed by atoms with Gasteiger partial charge in [-0.2, -0.15) is 0 Å². The predicted molar refractivity (Wildman–Crippen MR) is 58.5 cm³/mol. The zero-order chi connectivity index (χ0) is 10.4. The molecule has 0 aromatic heterocycles. The van der Waals surface area contributed by atoms with Crippen molar-refractivity contribution < 1.29 is 4.79 Å². The second kappa shape index (κ2) is 3.48. The Kier molecular flexibility index (Phi) is 2.23. The van der Waals surface area contributed by atoms with Gasteiger partial charge in [0.2, 0.25) is 5.91 Å². The summed E-state index contributed by atoms with van der Waals surface area (Å²) in [6.07, 6.45) is 6.09. The highest BCUT2D eigenvalue weighted by Crippen LogP contribution is 2.34. The Morgan fingerprint density at radius 1 is 1.07 bits per heavy atom. The largest absolute Gasteiger partial charge is 0.341 e. The summed E-state index contributed by atoms with van der Waals surface area (Å²) >= 11 is 0. The number of rotatable bonds is 1. The van der Waals surface area contributed by atoms with Gasteiger partial charge < -0.3 is 4.90 Å². The van der Waals surface area contributed by atoms with Gasteiger partial charge in [0.1, 0.15) is 0 Å². The lowest BCUT2D eigenvalue weighted by Gasteiger charge is -2.25. The summed E-state index contributed by atoms with van der Waals surface area (Å²) in [4.78, 5) is 16.6. The van der Waals surface area contributed by atoms with Crippen LogP contribution in [0, 0.1) is 5.92 Å². The number of nitrogens with zero attached hydrogens (tertiary/aromatic N) is 2. The van der Waals surface area contributed by atoms with E-state index < -0.39 is 0 Å². The van der Waals surface area contributed by atoms with E-state index in [-0.39, 0.29) is 0 Å². The van der Waals surface area contributed by atoms with E-state index >= 15 is 0 Å². The number of amides is 1. The normalized spacial score (nSPS) is 36.7. The topological polar surface area (TPSA) is 23.6 Å². The van der Waals surface area contributed by atoms with E-state index in [1.54, 1.807) is 0 Å². The molecule has 15 heavy (non-hydrogen) atoms. The number of likely N-dealkylation sites (N-methyl/N-ethyl adjacent to an activating group) is 1. The quantitative estimate of drug-likeness (QED) is 0.644. The molecule has 2 saturated heterocycles. The second-order valence-corrected chi connectivity index (χ2v) is 5.40. The monoisotopic (exact) mass is 208 g/mol. The maximum atomic E-state index is 12.0. The van der Waals surface area contributed by atoms with Crippen molar-refractivity contribution in [1.29, 1.82) is 0 Å². The molecule has 84 valence electrons. The van der Waals surface area contributed by atoms with Crippen LogP contribution in [0.25, 0.3) is 0 Å². The third-order valence-corrected chi connectivity index (χ3v) is 4.39. The van der Waals surface area contributed by atoms with Crippen LogP contribution in [0.2, 0.25) is 0 Å². The summed E-state index contributed by atoms with van der Waals surface area (Å²) in [5.74, 6) is 0.836. The van der Waals surface area contributed by atoms with Crippen molar-refractivity contribution in [2.24, 2.45) is 5.92 Å². The zero-order valence-electron chi connectivity index (χ0n) is 9.48. The first-order valence-corrected chi connectivity index (χ1v) is 6.26. The minimum atomic E-state index is 0.395. The molecule has 2 aliphatic heterocycles. The highest BCUT2D eigenvalue weighted by Gasteiger charge is 2.39. The Bertz CT molecular complexity index is 275. The summed E-state index contributed by atoms with van der Waals surface area (Å²) in [5.41, 5.74) is 0. The molecule has 1 saturated carbocycles. The fraction of sp³-hybridized carbons (Fsp3) is 0.917. The SMILES string of the molecule is CN1C2CCC1CN(C(=O)C1CC1)CC2. The van der Waals surface area contributed by atoms with Crippen molar-refractivity contribution in [1.82, 2.24) is 9.80 Å². The highest BCUT2D eigenvalue weighted by atomic mass is 16.2. The maximum absolute atomic E-state index is 12.0.